The fraction of sp³-hybridized carbons (Fsp3) is 0.280. The lowest BCUT2D eigenvalue weighted by Gasteiger charge is -2.12. The summed E-state index contributed by atoms with van der Waals surface area (Å²) in [6.07, 6.45) is 0.432. The lowest BCUT2D eigenvalue weighted by atomic mass is 10.1. The molecular formula is C25H27N5O2. The van der Waals surface area contributed by atoms with E-state index in [-0.39, 0.29) is 24.3 Å². The molecule has 2 aromatic carbocycles. The first-order chi connectivity index (χ1) is 15.3. The smallest absolute Gasteiger partial charge is 0.273 e. The number of aryl methyl sites for hydroxylation is 6. The second-order valence-electron chi connectivity index (χ2n) is 8.24. The Morgan fingerprint density at radius 1 is 1.00 bits per heavy atom. The van der Waals surface area contributed by atoms with Crippen LogP contribution in [0.2, 0.25) is 0 Å². The van der Waals surface area contributed by atoms with E-state index in [0.717, 1.165) is 33.8 Å². The molecule has 1 amide bonds. The van der Waals surface area contributed by atoms with Crippen LogP contribution in [0, 0.1) is 27.7 Å². The molecule has 0 radical (unpaired) electrons. The third kappa shape index (κ3) is 3.93. The molecule has 0 saturated heterocycles. The number of carbonyl (C=O) groups excluding carboxylic acids is 1. The zero-order valence-electron chi connectivity index (χ0n) is 19.1. The Bertz CT molecular complexity index is 1360. The molecule has 0 saturated carbocycles. The molecule has 7 nitrogen and oxygen atoms in total. The number of carbonyl (C=O) groups is 1. The van der Waals surface area contributed by atoms with Crippen molar-refractivity contribution in [2.24, 2.45) is 7.05 Å². The minimum atomic E-state index is -0.217. The maximum atomic E-state index is 13.0. The molecule has 7 heteroatoms. The van der Waals surface area contributed by atoms with E-state index in [4.69, 9.17) is 0 Å². The fourth-order valence-electron chi connectivity index (χ4n) is 3.89. The summed E-state index contributed by atoms with van der Waals surface area (Å²) in [5.74, 6) is -0.140. The lowest BCUT2D eigenvalue weighted by molar-refractivity contribution is -0.116. The molecule has 2 aromatic heterocycles. The third-order valence-electron chi connectivity index (χ3n) is 5.73. The quantitative estimate of drug-likeness (QED) is 0.521. The van der Waals surface area contributed by atoms with Crippen molar-refractivity contribution in [3.05, 3.63) is 80.9 Å². The number of rotatable bonds is 5. The number of benzene rings is 2. The minimum absolute atomic E-state index is 0.140. The average molecular weight is 430 g/mol. The summed E-state index contributed by atoms with van der Waals surface area (Å²) in [7, 11) is 1.72. The van der Waals surface area contributed by atoms with Crippen molar-refractivity contribution in [2.75, 3.05) is 5.32 Å². The Morgan fingerprint density at radius 3 is 2.31 bits per heavy atom. The average Bonchev–Trinajstić information content (AvgIpc) is 3.09. The van der Waals surface area contributed by atoms with Crippen molar-refractivity contribution >= 4 is 22.8 Å². The van der Waals surface area contributed by atoms with Crippen LogP contribution in [0.5, 0.6) is 0 Å². The standard InChI is InChI=1S/C25H27N5O2/c1-15-9-11-19(12-10-15)30-24-23(18(4)28-30)26-20(25(32)29(24)5)13-14-21(31)27-22-16(2)7-6-8-17(22)3/h6-12H,13-14H2,1-5H3,(H,27,31). The van der Waals surface area contributed by atoms with E-state index >= 15 is 0 Å². The second kappa shape index (κ2) is 8.42. The molecule has 1 N–H and O–H groups in total. The van der Waals surface area contributed by atoms with Gasteiger partial charge in [0.1, 0.15) is 11.2 Å². The highest BCUT2D eigenvalue weighted by Gasteiger charge is 2.18. The molecule has 2 heterocycles. The van der Waals surface area contributed by atoms with E-state index in [1.807, 2.05) is 70.2 Å². The van der Waals surface area contributed by atoms with Crippen molar-refractivity contribution in [1.29, 1.82) is 0 Å². The summed E-state index contributed by atoms with van der Waals surface area (Å²) < 4.78 is 3.32. The van der Waals surface area contributed by atoms with Gasteiger partial charge in [-0.05, 0) is 51.0 Å². The number of anilines is 1. The molecule has 164 valence electrons. The van der Waals surface area contributed by atoms with Gasteiger partial charge in [0, 0.05) is 25.6 Å². The molecule has 4 aromatic rings. The molecule has 0 fully saturated rings. The van der Waals surface area contributed by atoms with Crippen LogP contribution in [0.25, 0.3) is 16.9 Å². The molecular weight excluding hydrogens is 402 g/mol. The Hall–Kier alpha value is -3.74. The summed E-state index contributed by atoms with van der Waals surface area (Å²) in [5.41, 5.74) is 7.04. The van der Waals surface area contributed by atoms with Gasteiger partial charge in [-0.3, -0.25) is 14.2 Å². The molecule has 0 atom stereocenters. The molecule has 4 rings (SSSR count). The van der Waals surface area contributed by atoms with Crippen LogP contribution in [0.4, 0.5) is 5.69 Å². The summed E-state index contributed by atoms with van der Waals surface area (Å²) >= 11 is 0. The van der Waals surface area contributed by atoms with Crippen molar-refractivity contribution in [1.82, 2.24) is 19.3 Å². The molecule has 0 aliphatic heterocycles. The highest BCUT2D eigenvalue weighted by atomic mass is 16.1. The number of para-hydroxylation sites is 1. The van der Waals surface area contributed by atoms with Crippen LogP contribution in [0.15, 0.2) is 47.3 Å². The molecule has 0 aliphatic carbocycles. The third-order valence-corrected chi connectivity index (χ3v) is 5.73. The normalized spacial score (nSPS) is 11.2. The summed E-state index contributed by atoms with van der Waals surface area (Å²) in [5, 5.41) is 7.59. The first-order valence-electron chi connectivity index (χ1n) is 10.6. The summed E-state index contributed by atoms with van der Waals surface area (Å²) in [6.45, 7) is 7.82. The Labute approximate surface area is 186 Å². The molecule has 0 spiro atoms. The van der Waals surface area contributed by atoms with E-state index in [9.17, 15) is 9.59 Å². The first kappa shape index (κ1) is 21.5. The van der Waals surface area contributed by atoms with E-state index in [2.05, 4.69) is 15.4 Å². The highest BCUT2D eigenvalue weighted by molar-refractivity contribution is 5.92. The van der Waals surface area contributed by atoms with Gasteiger partial charge in [-0.25, -0.2) is 9.67 Å². The minimum Gasteiger partial charge on any atom is -0.326 e. The zero-order chi connectivity index (χ0) is 23.0. The van der Waals surface area contributed by atoms with Gasteiger partial charge in [-0.15, -0.1) is 0 Å². The van der Waals surface area contributed by atoms with Gasteiger partial charge in [0.15, 0.2) is 5.65 Å². The van der Waals surface area contributed by atoms with Crippen LogP contribution in [-0.2, 0) is 18.3 Å². The number of hydrogen-bond donors (Lipinski definition) is 1. The van der Waals surface area contributed by atoms with Crippen LogP contribution in [-0.4, -0.2) is 25.2 Å². The van der Waals surface area contributed by atoms with E-state index in [0.29, 0.717) is 16.9 Å². The Balaban J connectivity index is 1.62. The van der Waals surface area contributed by atoms with Gasteiger partial charge in [-0.2, -0.15) is 5.10 Å². The largest absolute Gasteiger partial charge is 0.326 e. The monoisotopic (exact) mass is 429 g/mol. The predicted molar refractivity (Wildman–Crippen MR) is 126 cm³/mol. The van der Waals surface area contributed by atoms with Crippen molar-refractivity contribution < 1.29 is 4.79 Å². The van der Waals surface area contributed by atoms with Gasteiger partial charge >= 0.3 is 0 Å². The fourth-order valence-corrected chi connectivity index (χ4v) is 3.89. The molecule has 0 aliphatic rings. The molecule has 0 bridgehead atoms. The first-order valence-corrected chi connectivity index (χ1v) is 10.6. The summed E-state index contributed by atoms with van der Waals surface area (Å²) in [6, 6.07) is 13.8. The van der Waals surface area contributed by atoms with Gasteiger partial charge < -0.3 is 5.32 Å². The lowest BCUT2D eigenvalue weighted by Crippen LogP contribution is -2.25. The number of aromatic nitrogens is 4. The highest BCUT2D eigenvalue weighted by Crippen LogP contribution is 2.21. The zero-order valence-corrected chi connectivity index (χ0v) is 19.1. The van der Waals surface area contributed by atoms with Crippen molar-refractivity contribution in [3.63, 3.8) is 0 Å². The number of nitrogens with one attached hydrogen (secondary N) is 1. The number of hydrogen-bond acceptors (Lipinski definition) is 4. The Morgan fingerprint density at radius 2 is 1.66 bits per heavy atom. The van der Waals surface area contributed by atoms with E-state index < -0.39 is 0 Å². The van der Waals surface area contributed by atoms with Gasteiger partial charge in [0.25, 0.3) is 5.56 Å². The predicted octanol–water partition coefficient (Wildman–Crippen LogP) is 3.92. The second-order valence-corrected chi connectivity index (χ2v) is 8.24. The SMILES string of the molecule is Cc1ccc(-n2nc(C)c3nc(CCC(=O)Nc4c(C)cccc4C)c(=O)n(C)c32)cc1. The Kier molecular flexibility index (Phi) is 5.65. The maximum absolute atomic E-state index is 13.0. The van der Waals surface area contributed by atoms with Crippen molar-refractivity contribution in [2.45, 2.75) is 40.5 Å². The van der Waals surface area contributed by atoms with Crippen LogP contribution < -0.4 is 10.9 Å². The van der Waals surface area contributed by atoms with Crippen LogP contribution >= 0.6 is 0 Å². The summed E-state index contributed by atoms with van der Waals surface area (Å²) in [4.78, 5) is 30.2. The number of nitrogens with zero attached hydrogens (tertiary/aromatic N) is 4. The van der Waals surface area contributed by atoms with E-state index in [1.165, 1.54) is 0 Å². The van der Waals surface area contributed by atoms with Gasteiger partial charge in [-0.1, -0.05) is 35.9 Å². The van der Waals surface area contributed by atoms with Crippen LogP contribution in [0.1, 0.15) is 34.5 Å². The molecule has 32 heavy (non-hydrogen) atoms. The molecule has 0 unspecified atom stereocenters. The van der Waals surface area contributed by atoms with E-state index in [1.54, 1.807) is 16.3 Å². The maximum Gasteiger partial charge on any atom is 0.273 e. The topological polar surface area (TPSA) is 81.8 Å². The van der Waals surface area contributed by atoms with Crippen LogP contribution in [0.3, 0.4) is 0 Å². The number of fused-ring (bicyclic) bond motifs is 1. The van der Waals surface area contributed by atoms with Gasteiger partial charge in [0.2, 0.25) is 5.91 Å². The van der Waals surface area contributed by atoms with Crippen molar-refractivity contribution in [3.8, 4) is 5.69 Å². The van der Waals surface area contributed by atoms with Gasteiger partial charge in [0.05, 0.1) is 11.4 Å². The number of amides is 1.